The summed E-state index contributed by atoms with van der Waals surface area (Å²) in [5, 5.41) is 0. The van der Waals surface area contributed by atoms with Crippen molar-refractivity contribution in [2.24, 2.45) is 4.99 Å². The fourth-order valence-corrected chi connectivity index (χ4v) is 1.78. The molecule has 4 nitrogen and oxygen atoms in total. The van der Waals surface area contributed by atoms with Crippen LogP contribution in [-0.4, -0.2) is 19.2 Å². The third kappa shape index (κ3) is 1.97. The molecule has 0 aromatic heterocycles. The Morgan fingerprint density at radius 1 is 1.53 bits per heavy atom. The number of aliphatic imine (C=N–C) groups is 1. The van der Waals surface area contributed by atoms with Crippen molar-refractivity contribution < 1.29 is 18.7 Å². The van der Waals surface area contributed by atoms with Crippen LogP contribution >= 0.6 is 0 Å². The second kappa shape index (κ2) is 4.11. The quantitative estimate of drug-likeness (QED) is 0.457. The molecular weight excluding hydrogens is 225 g/mol. The van der Waals surface area contributed by atoms with Gasteiger partial charge in [-0.15, -0.1) is 0 Å². The lowest BCUT2D eigenvalue weighted by atomic mass is 10.0. The van der Waals surface area contributed by atoms with Crippen molar-refractivity contribution >= 4 is 12.0 Å². The standard InChI is InChI=1S/C12H10FNO3/c1-17-11(16)8-2-3-9(10(13)6-8)12(4-5-12)14-7-15/h2-3,6H,4-5H2,1H3. The van der Waals surface area contributed by atoms with Gasteiger partial charge >= 0.3 is 5.97 Å². The maximum Gasteiger partial charge on any atom is 0.337 e. The Morgan fingerprint density at radius 2 is 2.24 bits per heavy atom. The fraction of sp³-hybridized carbons (Fsp3) is 0.333. The molecule has 0 aliphatic heterocycles. The van der Waals surface area contributed by atoms with E-state index >= 15 is 0 Å². The van der Waals surface area contributed by atoms with Crippen molar-refractivity contribution in [2.45, 2.75) is 18.4 Å². The smallest absolute Gasteiger partial charge is 0.337 e. The van der Waals surface area contributed by atoms with Crippen LogP contribution in [0.5, 0.6) is 0 Å². The molecule has 0 bridgehead atoms. The second-order valence-corrected chi connectivity index (χ2v) is 3.92. The Balaban J connectivity index is 2.39. The average molecular weight is 235 g/mol. The van der Waals surface area contributed by atoms with E-state index in [0.29, 0.717) is 18.4 Å². The molecule has 1 aromatic carbocycles. The summed E-state index contributed by atoms with van der Waals surface area (Å²) in [6.45, 7) is 0. The molecule has 1 saturated carbocycles. The van der Waals surface area contributed by atoms with Gasteiger partial charge in [0, 0.05) is 5.56 Å². The molecule has 17 heavy (non-hydrogen) atoms. The van der Waals surface area contributed by atoms with Gasteiger partial charge in [0.05, 0.1) is 12.7 Å². The van der Waals surface area contributed by atoms with Gasteiger partial charge in [-0.25, -0.2) is 14.0 Å². The van der Waals surface area contributed by atoms with Crippen LogP contribution in [0, 0.1) is 5.82 Å². The highest BCUT2D eigenvalue weighted by Gasteiger charge is 2.46. The number of methoxy groups -OCH3 is 1. The zero-order chi connectivity index (χ0) is 12.5. The first-order chi connectivity index (χ1) is 8.13. The summed E-state index contributed by atoms with van der Waals surface area (Å²) in [6.07, 6.45) is 2.70. The predicted octanol–water partition coefficient (Wildman–Crippen LogP) is 1.94. The molecule has 1 aliphatic rings. The van der Waals surface area contributed by atoms with E-state index in [0.717, 1.165) is 6.07 Å². The Kier molecular flexibility index (Phi) is 2.77. The van der Waals surface area contributed by atoms with Crippen LogP contribution in [0.2, 0.25) is 0 Å². The van der Waals surface area contributed by atoms with Gasteiger partial charge in [-0.1, -0.05) is 6.07 Å². The molecule has 0 unspecified atom stereocenters. The molecule has 1 fully saturated rings. The first kappa shape index (κ1) is 11.5. The van der Waals surface area contributed by atoms with Crippen LogP contribution in [0.15, 0.2) is 23.2 Å². The van der Waals surface area contributed by atoms with Crippen molar-refractivity contribution in [3.63, 3.8) is 0 Å². The lowest BCUT2D eigenvalue weighted by molar-refractivity contribution is 0.0600. The third-order valence-electron chi connectivity index (χ3n) is 2.87. The molecular formula is C12H10FNO3. The number of nitrogens with zero attached hydrogens (tertiary/aromatic N) is 1. The largest absolute Gasteiger partial charge is 0.465 e. The lowest BCUT2D eigenvalue weighted by Gasteiger charge is -2.10. The number of benzene rings is 1. The lowest BCUT2D eigenvalue weighted by Crippen LogP contribution is -2.08. The average Bonchev–Trinajstić information content (AvgIpc) is 3.09. The van der Waals surface area contributed by atoms with Crippen LogP contribution in [0.4, 0.5) is 4.39 Å². The maximum absolute atomic E-state index is 13.8. The van der Waals surface area contributed by atoms with E-state index in [1.54, 1.807) is 0 Å². The Bertz CT molecular complexity index is 516. The van der Waals surface area contributed by atoms with E-state index in [1.165, 1.54) is 25.3 Å². The Hall–Kier alpha value is -2.00. The normalized spacial score (nSPS) is 15.9. The summed E-state index contributed by atoms with van der Waals surface area (Å²) in [6, 6.07) is 4.03. The molecule has 0 heterocycles. The monoisotopic (exact) mass is 235 g/mol. The minimum absolute atomic E-state index is 0.139. The molecule has 0 saturated heterocycles. The highest BCUT2D eigenvalue weighted by atomic mass is 19.1. The zero-order valence-electron chi connectivity index (χ0n) is 9.20. The van der Waals surface area contributed by atoms with Gasteiger partial charge in [-0.2, -0.15) is 4.99 Å². The fourth-order valence-electron chi connectivity index (χ4n) is 1.78. The van der Waals surface area contributed by atoms with Gasteiger partial charge in [-0.05, 0) is 25.0 Å². The minimum atomic E-state index is -0.763. The van der Waals surface area contributed by atoms with Crippen molar-refractivity contribution in [2.75, 3.05) is 7.11 Å². The number of halogens is 1. The maximum atomic E-state index is 13.8. The summed E-state index contributed by atoms with van der Waals surface area (Å²) in [7, 11) is 1.23. The molecule has 2 rings (SSSR count). The van der Waals surface area contributed by atoms with Gasteiger partial charge in [0.25, 0.3) is 0 Å². The van der Waals surface area contributed by atoms with Gasteiger partial charge in [0.2, 0.25) is 6.08 Å². The topological polar surface area (TPSA) is 55.7 Å². The number of ether oxygens (including phenoxy) is 1. The molecule has 0 atom stereocenters. The zero-order valence-corrected chi connectivity index (χ0v) is 9.20. The summed E-state index contributed by atoms with van der Waals surface area (Å²) < 4.78 is 18.3. The number of hydrogen-bond acceptors (Lipinski definition) is 4. The molecule has 88 valence electrons. The number of esters is 1. The number of rotatable bonds is 3. The summed E-state index contributed by atoms with van der Waals surface area (Å²) in [5.74, 6) is -1.15. The molecule has 5 heteroatoms. The van der Waals surface area contributed by atoms with Crippen LogP contribution in [0.1, 0.15) is 28.8 Å². The Morgan fingerprint density at radius 3 is 2.71 bits per heavy atom. The molecule has 1 aromatic rings. The van der Waals surface area contributed by atoms with Crippen molar-refractivity contribution in [1.29, 1.82) is 0 Å². The summed E-state index contributed by atoms with van der Waals surface area (Å²) >= 11 is 0. The number of carbonyl (C=O) groups is 1. The second-order valence-electron chi connectivity index (χ2n) is 3.92. The van der Waals surface area contributed by atoms with Crippen molar-refractivity contribution in [3.8, 4) is 0 Å². The first-order valence-electron chi connectivity index (χ1n) is 5.10. The SMILES string of the molecule is COC(=O)c1ccc(C2(N=C=O)CC2)c(F)c1. The van der Waals surface area contributed by atoms with Gasteiger partial charge < -0.3 is 4.74 Å². The van der Waals surface area contributed by atoms with Gasteiger partial charge in [-0.3, -0.25) is 0 Å². The van der Waals surface area contributed by atoms with Gasteiger partial charge in [0.15, 0.2) is 0 Å². The van der Waals surface area contributed by atoms with Crippen LogP contribution in [-0.2, 0) is 15.1 Å². The molecule has 0 spiro atoms. The van der Waals surface area contributed by atoms with Crippen molar-refractivity contribution in [1.82, 2.24) is 0 Å². The number of isocyanates is 1. The highest BCUT2D eigenvalue weighted by Crippen LogP contribution is 2.50. The van der Waals surface area contributed by atoms with Crippen LogP contribution in [0.3, 0.4) is 0 Å². The molecule has 1 aliphatic carbocycles. The van der Waals surface area contributed by atoms with Crippen LogP contribution < -0.4 is 0 Å². The van der Waals surface area contributed by atoms with Crippen LogP contribution in [0.25, 0.3) is 0 Å². The van der Waals surface area contributed by atoms with E-state index in [-0.39, 0.29) is 5.56 Å². The van der Waals surface area contributed by atoms with Gasteiger partial charge in [0.1, 0.15) is 11.4 Å². The van der Waals surface area contributed by atoms with Crippen molar-refractivity contribution in [3.05, 3.63) is 35.1 Å². The van der Waals surface area contributed by atoms with E-state index in [1.807, 2.05) is 0 Å². The molecule has 0 radical (unpaired) electrons. The summed E-state index contributed by atoms with van der Waals surface area (Å²) in [5.41, 5.74) is -0.298. The minimum Gasteiger partial charge on any atom is -0.465 e. The van der Waals surface area contributed by atoms with E-state index in [9.17, 15) is 14.0 Å². The first-order valence-corrected chi connectivity index (χ1v) is 5.10. The number of hydrogen-bond donors (Lipinski definition) is 0. The number of carbonyl (C=O) groups excluding carboxylic acids is 2. The molecule has 0 amide bonds. The van der Waals surface area contributed by atoms with E-state index < -0.39 is 17.3 Å². The summed E-state index contributed by atoms with van der Waals surface area (Å²) in [4.78, 5) is 25.1. The predicted molar refractivity (Wildman–Crippen MR) is 56.8 cm³/mol. The van der Waals surface area contributed by atoms with E-state index in [4.69, 9.17) is 0 Å². The highest BCUT2D eigenvalue weighted by molar-refractivity contribution is 5.89. The van der Waals surface area contributed by atoms with E-state index in [2.05, 4.69) is 9.73 Å². The third-order valence-corrected chi connectivity index (χ3v) is 2.87. The Labute approximate surface area is 97.1 Å². The molecule has 0 N–H and O–H groups in total.